The average molecular weight is 458 g/mol. The fraction of sp³-hybridized carbons (Fsp3) is 0.360. The molecular formula is C25H27N7O2. The van der Waals surface area contributed by atoms with Crippen molar-refractivity contribution < 1.29 is 4.79 Å². The van der Waals surface area contributed by atoms with E-state index in [1.807, 2.05) is 49.5 Å². The number of nitrogens with one attached hydrogen (secondary N) is 1. The summed E-state index contributed by atoms with van der Waals surface area (Å²) in [6.45, 7) is 4.57. The molecule has 34 heavy (non-hydrogen) atoms. The first-order valence-electron chi connectivity index (χ1n) is 11.7. The first kappa shape index (κ1) is 21.9. The molecule has 2 atom stereocenters. The molecule has 5 rings (SSSR count). The normalized spacial score (nSPS) is 17.6. The molecule has 0 amide bonds. The van der Waals surface area contributed by atoms with E-state index in [2.05, 4.69) is 32.5 Å². The molecular weight excluding hydrogens is 430 g/mol. The summed E-state index contributed by atoms with van der Waals surface area (Å²) in [7, 11) is 0. The van der Waals surface area contributed by atoms with Crippen LogP contribution >= 0.6 is 0 Å². The lowest BCUT2D eigenvalue weighted by molar-refractivity contribution is -0.132. The topological polar surface area (TPSA) is 111 Å². The Morgan fingerprint density at radius 2 is 1.94 bits per heavy atom. The van der Waals surface area contributed by atoms with Crippen LogP contribution in [0.5, 0.6) is 0 Å². The third-order valence-electron chi connectivity index (χ3n) is 6.53. The Morgan fingerprint density at radius 3 is 2.59 bits per heavy atom. The third-order valence-corrected chi connectivity index (χ3v) is 6.53. The Kier molecular flexibility index (Phi) is 5.91. The van der Waals surface area contributed by atoms with Gasteiger partial charge in [0.1, 0.15) is 0 Å². The van der Waals surface area contributed by atoms with E-state index in [9.17, 15) is 9.59 Å². The molecule has 0 spiro atoms. The van der Waals surface area contributed by atoms with Crippen molar-refractivity contribution in [3.8, 4) is 22.6 Å². The van der Waals surface area contributed by atoms with Crippen LogP contribution < -0.4 is 5.69 Å². The molecule has 4 aromatic rings. The highest BCUT2D eigenvalue weighted by atomic mass is 16.2. The number of nitrogens with zero attached hydrogens (tertiary/aromatic N) is 6. The molecule has 1 aliphatic carbocycles. The van der Waals surface area contributed by atoms with Gasteiger partial charge in [0.2, 0.25) is 0 Å². The van der Waals surface area contributed by atoms with E-state index < -0.39 is 0 Å². The van der Waals surface area contributed by atoms with Crippen LogP contribution in [0.4, 0.5) is 0 Å². The van der Waals surface area contributed by atoms with Gasteiger partial charge in [0.15, 0.2) is 11.6 Å². The minimum Gasteiger partial charge on any atom is -0.297 e. The van der Waals surface area contributed by atoms with Crippen molar-refractivity contribution in [3.05, 3.63) is 70.5 Å². The van der Waals surface area contributed by atoms with Gasteiger partial charge in [-0.25, -0.2) is 9.89 Å². The molecule has 9 nitrogen and oxygen atoms in total. The van der Waals surface area contributed by atoms with Crippen LogP contribution in [-0.2, 0) is 17.8 Å². The minimum atomic E-state index is -0.336. The van der Waals surface area contributed by atoms with Gasteiger partial charge >= 0.3 is 5.69 Å². The number of aryl methyl sites for hydroxylation is 1. The molecule has 174 valence electrons. The van der Waals surface area contributed by atoms with Crippen molar-refractivity contribution in [2.45, 2.75) is 52.1 Å². The van der Waals surface area contributed by atoms with Gasteiger partial charge in [-0.3, -0.25) is 18.9 Å². The Hall–Kier alpha value is -3.88. The predicted molar refractivity (Wildman–Crippen MR) is 127 cm³/mol. The Labute approximate surface area is 196 Å². The number of hydrogen-bond acceptors (Lipinski definition) is 6. The number of tetrazole rings is 1. The highest BCUT2D eigenvalue weighted by Crippen LogP contribution is 2.34. The van der Waals surface area contributed by atoms with Gasteiger partial charge < -0.3 is 0 Å². The molecule has 3 aromatic heterocycles. The monoisotopic (exact) mass is 457 g/mol. The minimum absolute atomic E-state index is 0.122. The second kappa shape index (κ2) is 9.17. The Morgan fingerprint density at radius 1 is 1.12 bits per heavy atom. The summed E-state index contributed by atoms with van der Waals surface area (Å²) in [4.78, 5) is 30.1. The fourth-order valence-corrected chi connectivity index (χ4v) is 4.66. The number of Topliss-reactive ketones (excluding diaryl/α,β-unsaturated/α-hetero) is 1. The van der Waals surface area contributed by atoms with Crippen LogP contribution in [0.2, 0.25) is 0 Å². The summed E-state index contributed by atoms with van der Waals surface area (Å²) in [5.74, 6) is 0.913. The molecule has 1 aliphatic rings. The van der Waals surface area contributed by atoms with E-state index >= 15 is 0 Å². The largest absolute Gasteiger partial charge is 0.329 e. The molecule has 1 aromatic carbocycles. The van der Waals surface area contributed by atoms with Gasteiger partial charge in [-0.1, -0.05) is 50.6 Å². The first-order valence-corrected chi connectivity index (χ1v) is 11.7. The predicted octanol–water partition coefficient (Wildman–Crippen LogP) is 3.43. The summed E-state index contributed by atoms with van der Waals surface area (Å²) < 4.78 is 3.43. The number of benzene rings is 1. The molecule has 0 bridgehead atoms. The average Bonchev–Trinajstić information content (AvgIpc) is 3.48. The molecule has 1 saturated carbocycles. The highest BCUT2D eigenvalue weighted by Gasteiger charge is 2.39. The maximum Gasteiger partial charge on any atom is 0.329 e. The van der Waals surface area contributed by atoms with Crippen LogP contribution in [0.1, 0.15) is 50.4 Å². The zero-order chi connectivity index (χ0) is 23.7. The number of aromatic nitrogens is 7. The summed E-state index contributed by atoms with van der Waals surface area (Å²) in [5, 5.41) is 14.2. The summed E-state index contributed by atoms with van der Waals surface area (Å²) in [5.41, 5.74) is 4.34. The van der Waals surface area contributed by atoms with E-state index in [-0.39, 0.29) is 23.4 Å². The first-order chi connectivity index (χ1) is 16.6. The summed E-state index contributed by atoms with van der Waals surface area (Å²) in [6, 6.07) is 11.4. The van der Waals surface area contributed by atoms with Gasteiger partial charge in [-0.2, -0.15) is 0 Å². The third kappa shape index (κ3) is 3.98. The van der Waals surface area contributed by atoms with Crippen molar-refractivity contribution in [2.75, 3.05) is 0 Å². The molecule has 2 unspecified atom stereocenters. The molecule has 1 fully saturated rings. The van der Waals surface area contributed by atoms with Gasteiger partial charge in [0.25, 0.3) is 0 Å². The SMILES string of the molecule is CCCCc1cn(C2C(=O)CC2C)c(=O)n1Cc1ccc(-c2ccccc2-c2nnn[nH]2)nc1. The smallest absolute Gasteiger partial charge is 0.297 e. The fourth-order valence-electron chi connectivity index (χ4n) is 4.66. The summed E-state index contributed by atoms with van der Waals surface area (Å²) in [6.07, 6.45) is 7.06. The maximum absolute atomic E-state index is 13.3. The molecule has 3 heterocycles. The Balaban J connectivity index is 1.44. The van der Waals surface area contributed by atoms with E-state index in [0.717, 1.165) is 47.3 Å². The van der Waals surface area contributed by atoms with Crippen LogP contribution in [-0.4, -0.2) is 40.5 Å². The van der Waals surface area contributed by atoms with E-state index in [4.69, 9.17) is 0 Å². The number of pyridine rings is 1. The number of hydrogen-bond donors (Lipinski definition) is 1. The van der Waals surface area contributed by atoms with Crippen LogP contribution in [0.25, 0.3) is 22.6 Å². The van der Waals surface area contributed by atoms with Crippen molar-refractivity contribution in [1.82, 2.24) is 34.7 Å². The van der Waals surface area contributed by atoms with Crippen molar-refractivity contribution in [2.24, 2.45) is 5.92 Å². The van der Waals surface area contributed by atoms with E-state index in [1.165, 1.54) is 0 Å². The molecule has 0 aliphatic heterocycles. The lowest BCUT2D eigenvalue weighted by Gasteiger charge is -2.32. The maximum atomic E-state index is 13.3. The van der Waals surface area contributed by atoms with Crippen LogP contribution in [0.15, 0.2) is 53.6 Å². The van der Waals surface area contributed by atoms with Crippen molar-refractivity contribution >= 4 is 5.78 Å². The number of H-pyrrole nitrogens is 1. The lowest BCUT2D eigenvalue weighted by Crippen LogP contribution is -2.42. The number of ketones is 1. The second-order valence-corrected chi connectivity index (χ2v) is 8.94. The van der Waals surface area contributed by atoms with Crippen molar-refractivity contribution in [1.29, 1.82) is 0 Å². The van der Waals surface area contributed by atoms with Crippen LogP contribution in [0, 0.1) is 5.92 Å². The van der Waals surface area contributed by atoms with E-state index in [1.54, 1.807) is 15.3 Å². The second-order valence-electron chi connectivity index (χ2n) is 8.94. The van der Waals surface area contributed by atoms with Gasteiger partial charge in [-0.15, -0.1) is 5.10 Å². The highest BCUT2D eigenvalue weighted by molar-refractivity contribution is 5.89. The zero-order valence-electron chi connectivity index (χ0n) is 19.3. The number of carbonyl (C=O) groups excluding carboxylic acids is 1. The molecule has 0 saturated heterocycles. The Bertz CT molecular complexity index is 1350. The zero-order valence-corrected chi connectivity index (χ0v) is 19.3. The lowest BCUT2D eigenvalue weighted by atomic mass is 9.79. The number of unbranched alkanes of at least 4 members (excludes halogenated alkanes) is 1. The van der Waals surface area contributed by atoms with Gasteiger partial charge in [-0.05, 0) is 40.8 Å². The van der Waals surface area contributed by atoms with Crippen molar-refractivity contribution in [3.63, 3.8) is 0 Å². The van der Waals surface area contributed by atoms with Gasteiger partial charge in [0, 0.05) is 35.6 Å². The van der Waals surface area contributed by atoms with Crippen LogP contribution in [0.3, 0.4) is 0 Å². The summed E-state index contributed by atoms with van der Waals surface area (Å²) >= 11 is 0. The number of aromatic amines is 1. The number of rotatable bonds is 8. The number of carbonyl (C=O) groups is 1. The quantitative estimate of drug-likeness (QED) is 0.434. The molecule has 1 N–H and O–H groups in total. The van der Waals surface area contributed by atoms with Gasteiger partial charge in [0.05, 0.1) is 18.3 Å². The number of imidazole rings is 1. The molecule has 9 heteroatoms. The standard InChI is InChI=1S/C25H27N7O2/c1-3-4-7-18-15-32(23-16(2)12-22(23)33)25(34)31(18)14-17-10-11-21(26-13-17)19-8-5-6-9-20(19)24-27-29-30-28-24/h5-6,8-11,13,15-16,23H,3-4,7,12,14H2,1-2H3,(H,27,28,29,30). The van der Waals surface area contributed by atoms with E-state index in [0.29, 0.717) is 18.8 Å². The molecule has 0 radical (unpaired) electrons.